The van der Waals surface area contributed by atoms with Gasteiger partial charge in [-0.2, -0.15) is 0 Å². The minimum Gasteiger partial charge on any atom is -0.478 e. The standard InChI is InChI=1S/C9H18O2.C3H4O2/c1-5-8-6-10-9(3,4)11-7(8)2;1-2-3(4)5/h7-8H,5-6H2,1-4H3;2H,1H2,(H,4,5). The summed E-state index contributed by atoms with van der Waals surface area (Å²) in [5.41, 5.74) is 0. The number of aliphatic carboxylic acids is 1. The summed E-state index contributed by atoms with van der Waals surface area (Å²) in [7, 11) is 0. The maximum Gasteiger partial charge on any atom is 0.327 e. The van der Waals surface area contributed by atoms with Crippen molar-refractivity contribution in [2.75, 3.05) is 6.61 Å². The third kappa shape index (κ3) is 5.88. The van der Waals surface area contributed by atoms with Gasteiger partial charge >= 0.3 is 5.97 Å². The molecule has 1 saturated heterocycles. The molecule has 0 spiro atoms. The van der Waals surface area contributed by atoms with Crippen molar-refractivity contribution in [3.05, 3.63) is 12.7 Å². The van der Waals surface area contributed by atoms with Crippen molar-refractivity contribution in [1.29, 1.82) is 0 Å². The van der Waals surface area contributed by atoms with E-state index >= 15 is 0 Å². The molecule has 4 heteroatoms. The van der Waals surface area contributed by atoms with Crippen LogP contribution in [0.4, 0.5) is 0 Å². The number of carbonyl (C=O) groups is 1. The Balaban J connectivity index is 0.000000385. The fourth-order valence-corrected chi connectivity index (χ4v) is 1.47. The van der Waals surface area contributed by atoms with Crippen LogP contribution in [0.15, 0.2) is 12.7 Å². The lowest BCUT2D eigenvalue weighted by Gasteiger charge is -2.39. The Morgan fingerprint density at radius 3 is 2.44 bits per heavy atom. The van der Waals surface area contributed by atoms with Crippen LogP contribution in [0.3, 0.4) is 0 Å². The second-order valence-electron chi connectivity index (χ2n) is 4.24. The largest absolute Gasteiger partial charge is 0.478 e. The van der Waals surface area contributed by atoms with Crippen LogP contribution < -0.4 is 0 Å². The fourth-order valence-electron chi connectivity index (χ4n) is 1.47. The van der Waals surface area contributed by atoms with E-state index in [2.05, 4.69) is 20.4 Å². The Bertz CT molecular complexity index is 235. The Morgan fingerprint density at radius 2 is 2.12 bits per heavy atom. The zero-order valence-corrected chi connectivity index (χ0v) is 10.5. The summed E-state index contributed by atoms with van der Waals surface area (Å²) in [6.45, 7) is 12.0. The predicted molar refractivity (Wildman–Crippen MR) is 62.2 cm³/mol. The molecule has 94 valence electrons. The molecule has 0 radical (unpaired) electrons. The van der Waals surface area contributed by atoms with E-state index in [0.29, 0.717) is 12.0 Å². The van der Waals surface area contributed by atoms with Crippen LogP contribution in [0.1, 0.15) is 34.1 Å². The second kappa shape index (κ2) is 6.66. The van der Waals surface area contributed by atoms with E-state index in [0.717, 1.165) is 19.1 Å². The molecule has 0 aromatic carbocycles. The topological polar surface area (TPSA) is 55.8 Å². The van der Waals surface area contributed by atoms with Gasteiger partial charge < -0.3 is 14.6 Å². The van der Waals surface area contributed by atoms with Gasteiger partial charge in [0.15, 0.2) is 5.79 Å². The van der Waals surface area contributed by atoms with Gasteiger partial charge in [-0.15, -0.1) is 0 Å². The number of hydrogen-bond donors (Lipinski definition) is 1. The molecule has 2 atom stereocenters. The Labute approximate surface area is 97.2 Å². The quantitative estimate of drug-likeness (QED) is 0.740. The van der Waals surface area contributed by atoms with Gasteiger partial charge in [-0.25, -0.2) is 4.79 Å². The molecule has 0 aromatic heterocycles. The maximum absolute atomic E-state index is 9.25. The van der Waals surface area contributed by atoms with Gasteiger partial charge in [0.25, 0.3) is 0 Å². The summed E-state index contributed by atoms with van der Waals surface area (Å²) < 4.78 is 11.2. The minimum absolute atomic E-state index is 0.337. The highest BCUT2D eigenvalue weighted by Crippen LogP contribution is 2.27. The van der Waals surface area contributed by atoms with Gasteiger partial charge in [0.05, 0.1) is 12.7 Å². The third-order valence-corrected chi connectivity index (χ3v) is 2.48. The first-order chi connectivity index (χ1) is 7.32. The molecule has 4 nitrogen and oxygen atoms in total. The molecular weight excluding hydrogens is 208 g/mol. The Kier molecular flexibility index (Phi) is 6.29. The van der Waals surface area contributed by atoms with Crippen molar-refractivity contribution < 1.29 is 19.4 Å². The summed E-state index contributed by atoms with van der Waals surface area (Å²) in [6, 6.07) is 0. The molecule has 0 bridgehead atoms. The molecule has 1 heterocycles. The van der Waals surface area contributed by atoms with Gasteiger partial charge in [0.1, 0.15) is 0 Å². The molecule has 2 unspecified atom stereocenters. The SMILES string of the molecule is C=CC(=O)O.CCC1COC(C)(C)OC1C. The molecule has 0 saturated carbocycles. The van der Waals surface area contributed by atoms with E-state index < -0.39 is 5.97 Å². The molecule has 1 rings (SSSR count). The number of carboxylic acid groups (broad SMARTS) is 1. The van der Waals surface area contributed by atoms with Crippen LogP contribution in [-0.2, 0) is 14.3 Å². The molecule has 0 aromatic rings. The van der Waals surface area contributed by atoms with E-state index in [1.54, 1.807) is 0 Å². The summed E-state index contributed by atoms with van der Waals surface area (Å²) >= 11 is 0. The number of rotatable bonds is 2. The molecule has 1 N–H and O–H groups in total. The lowest BCUT2D eigenvalue weighted by molar-refractivity contribution is -0.288. The number of ether oxygens (including phenoxy) is 2. The molecule has 1 fully saturated rings. The first-order valence-electron chi connectivity index (χ1n) is 5.49. The predicted octanol–water partition coefficient (Wildman–Crippen LogP) is 2.44. The average molecular weight is 230 g/mol. The van der Waals surface area contributed by atoms with Crippen molar-refractivity contribution in [3.63, 3.8) is 0 Å². The maximum atomic E-state index is 9.25. The molecular formula is C12H22O4. The van der Waals surface area contributed by atoms with Crippen molar-refractivity contribution in [1.82, 2.24) is 0 Å². The second-order valence-corrected chi connectivity index (χ2v) is 4.24. The zero-order chi connectivity index (χ0) is 12.8. The van der Waals surface area contributed by atoms with Crippen molar-refractivity contribution >= 4 is 5.97 Å². The van der Waals surface area contributed by atoms with Crippen LogP contribution in [0.5, 0.6) is 0 Å². The Hall–Kier alpha value is -0.870. The van der Waals surface area contributed by atoms with Gasteiger partial charge in [0.2, 0.25) is 0 Å². The van der Waals surface area contributed by atoms with Crippen LogP contribution in [0, 0.1) is 5.92 Å². The van der Waals surface area contributed by atoms with E-state index in [1.165, 1.54) is 0 Å². The van der Waals surface area contributed by atoms with Crippen molar-refractivity contribution in [2.24, 2.45) is 5.92 Å². The van der Waals surface area contributed by atoms with E-state index in [-0.39, 0.29) is 5.79 Å². The average Bonchev–Trinajstić information content (AvgIpc) is 2.17. The molecule has 1 aliphatic rings. The van der Waals surface area contributed by atoms with Gasteiger partial charge in [-0.3, -0.25) is 0 Å². The zero-order valence-electron chi connectivity index (χ0n) is 10.5. The summed E-state index contributed by atoms with van der Waals surface area (Å²) in [4.78, 5) is 9.25. The first kappa shape index (κ1) is 15.1. The van der Waals surface area contributed by atoms with E-state index in [1.807, 2.05) is 13.8 Å². The van der Waals surface area contributed by atoms with Gasteiger partial charge in [-0.1, -0.05) is 13.5 Å². The minimum atomic E-state index is -0.981. The highest BCUT2D eigenvalue weighted by Gasteiger charge is 2.32. The lowest BCUT2D eigenvalue weighted by atomic mass is 10.00. The molecule has 16 heavy (non-hydrogen) atoms. The highest BCUT2D eigenvalue weighted by atomic mass is 16.7. The van der Waals surface area contributed by atoms with Crippen molar-refractivity contribution in [3.8, 4) is 0 Å². The van der Waals surface area contributed by atoms with Crippen LogP contribution in [0.2, 0.25) is 0 Å². The lowest BCUT2D eigenvalue weighted by Crippen LogP contribution is -2.44. The normalized spacial score (nSPS) is 27.5. The Morgan fingerprint density at radius 1 is 1.62 bits per heavy atom. The molecule has 0 aliphatic carbocycles. The van der Waals surface area contributed by atoms with E-state index in [4.69, 9.17) is 14.6 Å². The number of hydrogen-bond acceptors (Lipinski definition) is 3. The van der Waals surface area contributed by atoms with Crippen LogP contribution >= 0.6 is 0 Å². The number of carboxylic acids is 1. The van der Waals surface area contributed by atoms with Gasteiger partial charge in [0, 0.05) is 12.0 Å². The smallest absolute Gasteiger partial charge is 0.327 e. The molecule has 1 aliphatic heterocycles. The fraction of sp³-hybridized carbons (Fsp3) is 0.750. The third-order valence-electron chi connectivity index (χ3n) is 2.48. The van der Waals surface area contributed by atoms with Crippen molar-refractivity contribution in [2.45, 2.75) is 46.0 Å². The molecule has 0 amide bonds. The summed E-state index contributed by atoms with van der Waals surface area (Å²) in [5, 5.41) is 7.60. The highest BCUT2D eigenvalue weighted by molar-refractivity contribution is 5.78. The summed E-state index contributed by atoms with van der Waals surface area (Å²) in [6.07, 6.45) is 2.31. The monoisotopic (exact) mass is 230 g/mol. The first-order valence-corrected chi connectivity index (χ1v) is 5.49. The van der Waals surface area contributed by atoms with Gasteiger partial charge in [-0.05, 0) is 27.2 Å². The van der Waals surface area contributed by atoms with Crippen LogP contribution in [-0.4, -0.2) is 29.6 Å². The van der Waals surface area contributed by atoms with E-state index in [9.17, 15) is 4.79 Å². The van der Waals surface area contributed by atoms with Crippen LogP contribution in [0.25, 0.3) is 0 Å². The summed E-state index contributed by atoms with van der Waals surface area (Å²) in [5.74, 6) is -0.779.